The minimum atomic E-state index is -3.70. The third kappa shape index (κ3) is 1.51. The molecule has 1 aromatic heterocycles. The molecule has 1 rings (SSSR count). The Kier molecular flexibility index (Phi) is 1.56. The zero-order chi connectivity index (χ0) is 6.91. The van der Waals surface area contributed by atoms with Crippen molar-refractivity contribution in [1.82, 2.24) is 5.14 Å². The lowest BCUT2D eigenvalue weighted by molar-refractivity contribution is 0.596. The molecule has 1 aromatic rings. The summed E-state index contributed by atoms with van der Waals surface area (Å²) in [5, 5.41) is 9.63. The lowest BCUT2D eigenvalue weighted by atomic mass is 10.7. The van der Waals surface area contributed by atoms with Crippen LogP contribution >= 0.6 is 11.3 Å². The molecule has 9 heavy (non-hydrogen) atoms. The van der Waals surface area contributed by atoms with Gasteiger partial charge in [-0.2, -0.15) is 11.3 Å². The summed E-state index contributed by atoms with van der Waals surface area (Å²) in [4.78, 5) is 0.0764. The molecule has 5 heteroatoms. The van der Waals surface area contributed by atoms with Crippen LogP contribution in [0, 0.1) is 0 Å². The van der Waals surface area contributed by atoms with Gasteiger partial charge in [0.2, 0.25) is 0 Å². The Hall–Kier alpha value is -0.390. The molecular weight excluding hydrogens is 158 g/mol. The lowest BCUT2D eigenvalue weighted by Crippen LogP contribution is -1.97. The summed E-state index contributed by atoms with van der Waals surface area (Å²) in [5.74, 6) is 0. The van der Waals surface area contributed by atoms with Gasteiger partial charge in [-0.15, -0.1) is 5.14 Å². The molecule has 0 aliphatic carbocycles. The normalized spacial score (nSPS) is 11.7. The van der Waals surface area contributed by atoms with Crippen molar-refractivity contribution in [1.29, 1.82) is 0 Å². The molecule has 1 heterocycles. The van der Waals surface area contributed by atoms with E-state index in [1.54, 1.807) is 5.38 Å². The quantitative estimate of drug-likeness (QED) is 0.611. The summed E-state index contributed by atoms with van der Waals surface area (Å²) in [6, 6.07) is 1.41. The molecule has 0 amide bonds. The van der Waals surface area contributed by atoms with E-state index in [1.807, 2.05) is 0 Å². The Labute approximate surface area is 57.2 Å². The highest BCUT2D eigenvalue weighted by Crippen LogP contribution is 2.10. The standard InChI is InChI=1S/C4H4NO2S2/c5-9(6,7)4-1-2-8-3-4/h1-3,5H. The van der Waals surface area contributed by atoms with Crippen LogP contribution in [0.5, 0.6) is 0 Å². The average Bonchev–Trinajstić information content (AvgIpc) is 2.08. The van der Waals surface area contributed by atoms with E-state index < -0.39 is 10.0 Å². The van der Waals surface area contributed by atoms with Crippen molar-refractivity contribution in [3.63, 3.8) is 0 Å². The van der Waals surface area contributed by atoms with E-state index >= 15 is 0 Å². The molecule has 49 valence electrons. The molecule has 0 saturated carbocycles. The third-order valence-electron chi connectivity index (χ3n) is 0.805. The smallest absolute Gasteiger partial charge is 0.206 e. The largest absolute Gasteiger partial charge is 0.254 e. The fourth-order valence-electron chi connectivity index (χ4n) is 0.405. The molecule has 1 radical (unpaired) electrons. The number of nitrogens with one attached hydrogen (secondary N) is 1. The van der Waals surface area contributed by atoms with E-state index in [0.29, 0.717) is 0 Å². The molecule has 0 saturated heterocycles. The number of hydrogen-bond acceptors (Lipinski definition) is 3. The monoisotopic (exact) mass is 162 g/mol. The first-order valence-electron chi connectivity index (χ1n) is 2.12. The van der Waals surface area contributed by atoms with Gasteiger partial charge in [0.1, 0.15) is 0 Å². The Morgan fingerprint density at radius 3 is 2.44 bits per heavy atom. The summed E-state index contributed by atoms with van der Waals surface area (Å²) < 4.78 is 20.7. The second kappa shape index (κ2) is 2.09. The predicted octanol–water partition coefficient (Wildman–Crippen LogP) is 0.720. The van der Waals surface area contributed by atoms with E-state index in [4.69, 9.17) is 5.14 Å². The first kappa shape index (κ1) is 6.73. The zero-order valence-electron chi connectivity index (χ0n) is 4.37. The molecule has 1 N–H and O–H groups in total. The second-order valence-corrected chi connectivity index (χ2v) is 3.72. The average molecular weight is 162 g/mol. The molecule has 0 spiro atoms. The molecule has 0 aliphatic rings. The summed E-state index contributed by atoms with van der Waals surface area (Å²) in [7, 11) is -3.70. The number of sulfonamides is 1. The summed E-state index contributed by atoms with van der Waals surface area (Å²) in [6.45, 7) is 0. The Balaban J connectivity index is 3.20. The molecular formula is C4H4NO2S2. The topological polar surface area (TPSA) is 57.9 Å². The molecule has 0 bridgehead atoms. The fourth-order valence-corrected chi connectivity index (χ4v) is 1.93. The summed E-state index contributed by atoms with van der Waals surface area (Å²) in [5.41, 5.74) is 0. The number of hydrogen-bond donors (Lipinski definition) is 0. The minimum Gasteiger partial charge on any atom is -0.206 e. The van der Waals surface area contributed by atoms with E-state index in [1.165, 1.54) is 22.8 Å². The van der Waals surface area contributed by atoms with Gasteiger partial charge < -0.3 is 0 Å². The van der Waals surface area contributed by atoms with Gasteiger partial charge in [0.05, 0.1) is 4.90 Å². The SMILES string of the molecule is [NH]S(=O)(=O)c1ccsc1. The van der Waals surface area contributed by atoms with Gasteiger partial charge in [0.15, 0.2) is 0 Å². The lowest BCUT2D eigenvalue weighted by Gasteiger charge is -1.85. The van der Waals surface area contributed by atoms with Crippen molar-refractivity contribution in [2.75, 3.05) is 0 Å². The maximum absolute atomic E-state index is 10.4. The van der Waals surface area contributed by atoms with Crippen LogP contribution in [0.25, 0.3) is 0 Å². The number of thiophene rings is 1. The summed E-state index contributed by atoms with van der Waals surface area (Å²) in [6.07, 6.45) is 0. The minimum absolute atomic E-state index is 0.0764. The van der Waals surface area contributed by atoms with Gasteiger partial charge in [-0.3, -0.25) is 0 Å². The Morgan fingerprint density at radius 2 is 2.22 bits per heavy atom. The van der Waals surface area contributed by atoms with Gasteiger partial charge in [0.25, 0.3) is 10.0 Å². The van der Waals surface area contributed by atoms with E-state index in [0.717, 1.165) is 0 Å². The first-order valence-corrected chi connectivity index (χ1v) is 4.55. The zero-order valence-corrected chi connectivity index (χ0v) is 6.00. The van der Waals surface area contributed by atoms with E-state index in [2.05, 4.69) is 0 Å². The predicted molar refractivity (Wildman–Crippen MR) is 34.6 cm³/mol. The Bertz CT molecular complexity index is 274. The van der Waals surface area contributed by atoms with E-state index in [9.17, 15) is 8.42 Å². The third-order valence-corrected chi connectivity index (χ3v) is 2.51. The van der Waals surface area contributed by atoms with Gasteiger partial charge >= 0.3 is 0 Å². The molecule has 0 atom stereocenters. The van der Waals surface area contributed by atoms with Gasteiger partial charge in [-0.25, -0.2) is 8.42 Å². The Morgan fingerprint density at radius 1 is 1.56 bits per heavy atom. The van der Waals surface area contributed by atoms with Crippen molar-refractivity contribution in [2.45, 2.75) is 4.90 Å². The summed E-state index contributed by atoms with van der Waals surface area (Å²) >= 11 is 1.27. The second-order valence-electron chi connectivity index (χ2n) is 1.46. The van der Waals surface area contributed by atoms with Crippen molar-refractivity contribution < 1.29 is 8.42 Å². The van der Waals surface area contributed by atoms with Crippen LogP contribution in [0.3, 0.4) is 0 Å². The molecule has 0 aromatic carbocycles. The van der Waals surface area contributed by atoms with Crippen LogP contribution in [0.15, 0.2) is 21.7 Å². The highest BCUT2D eigenvalue weighted by Gasteiger charge is 2.06. The molecule has 3 nitrogen and oxygen atoms in total. The maximum atomic E-state index is 10.4. The van der Waals surface area contributed by atoms with Gasteiger partial charge in [-0.05, 0) is 11.4 Å². The highest BCUT2D eigenvalue weighted by molar-refractivity contribution is 7.89. The van der Waals surface area contributed by atoms with Crippen LogP contribution < -0.4 is 5.14 Å². The van der Waals surface area contributed by atoms with Crippen molar-refractivity contribution >= 4 is 21.4 Å². The van der Waals surface area contributed by atoms with Crippen LogP contribution in [0.2, 0.25) is 0 Å². The molecule has 0 unspecified atom stereocenters. The van der Waals surface area contributed by atoms with Crippen molar-refractivity contribution in [2.24, 2.45) is 0 Å². The van der Waals surface area contributed by atoms with Crippen molar-refractivity contribution in [3.05, 3.63) is 16.8 Å². The highest BCUT2D eigenvalue weighted by atomic mass is 32.2. The van der Waals surface area contributed by atoms with Crippen LogP contribution in [0.4, 0.5) is 0 Å². The van der Waals surface area contributed by atoms with E-state index in [-0.39, 0.29) is 4.90 Å². The fraction of sp³-hybridized carbons (Fsp3) is 0. The number of rotatable bonds is 1. The van der Waals surface area contributed by atoms with Crippen molar-refractivity contribution in [3.8, 4) is 0 Å². The van der Waals surface area contributed by atoms with Crippen LogP contribution in [-0.4, -0.2) is 8.42 Å². The van der Waals surface area contributed by atoms with Crippen LogP contribution in [0.1, 0.15) is 0 Å². The maximum Gasteiger partial charge on any atom is 0.254 e. The molecule has 0 fully saturated rings. The van der Waals surface area contributed by atoms with Crippen LogP contribution in [-0.2, 0) is 10.0 Å². The van der Waals surface area contributed by atoms with Gasteiger partial charge in [-0.1, -0.05) is 0 Å². The molecule has 0 aliphatic heterocycles. The first-order chi connectivity index (χ1) is 4.11. The van der Waals surface area contributed by atoms with Gasteiger partial charge in [0, 0.05) is 5.38 Å².